The number of piperidine rings is 1. The SMILES string of the molecule is CC1CC(C)C(C)N(C2CS(=O)(=O)CC2O)C1. The van der Waals surface area contributed by atoms with Crippen molar-refractivity contribution in [1.29, 1.82) is 0 Å². The molecule has 17 heavy (non-hydrogen) atoms. The topological polar surface area (TPSA) is 57.6 Å². The van der Waals surface area contributed by atoms with Crippen molar-refractivity contribution in [2.75, 3.05) is 18.1 Å². The van der Waals surface area contributed by atoms with Crippen molar-refractivity contribution in [1.82, 2.24) is 4.90 Å². The van der Waals surface area contributed by atoms with Crippen molar-refractivity contribution in [3.05, 3.63) is 0 Å². The van der Waals surface area contributed by atoms with E-state index in [1.165, 1.54) is 6.42 Å². The average Bonchev–Trinajstić information content (AvgIpc) is 2.46. The summed E-state index contributed by atoms with van der Waals surface area (Å²) >= 11 is 0. The minimum absolute atomic E-state index is 0.0658. The Balaban J connectivity index is 2.16. The molecule has 2 saturated heterocycles. The molecular weight excluding hydrogens is 238 g/mol. The summed E-state index contributed by atoms with van der Waals surface area (Å²) in [5.74, 6) is 1.20. The van der Waals surface area contributed by atoms with E-state index in [0.717, 1.165) is 6.54 Å². The summed E-state index contributed by atoms with van der Waals surface area (Å²) < 4.78 is 23.2. The minimum Gasteiger partial charge on any atom is -0.390 e. The van der Waals surface area contributed by atoms with Gasteiger partial charge in [0.05, 0.1) is 23.7 Å². The third kappa shape index (κ3) is 2.66. The fraction of sp³-hybridized carbons (Fsp3) is 1.00. The number of nitrogens with zero attached hydrogens (tertiary/aromatic N) is 1. The quantitative estimate of drug-likeness (QED) is 0.747. The molecule has 0 radical (unpaired) electrons. The molecule has 0 bridgehead atoms. The molecule has 5 heteroatoms. The first-order valence-corrected chi connectivity index (χ1v) is 8.26. The number of hydrogen-bond acceptors (Lipinski definition) is 4. The second kappa shape index (κ2) is 4.52. The molecule has 5 unspecified atom stereocenters. The van der Waals surface area contributed by atoms with E-state index in [2.05, 4.69) is 25.7 Å². The Morgan fingerprint density at radius 1 is 1.18 bits per heavy atom. The Morgan fingerprint density at radius 3 is 2.35 bits per heavy atom. The van der Waals surface area contributed by atoms with Crippen molar-refractivity contribution in [3.63, 3.8) is 0 Å². The maximum absolute atomic E-state index is 11.6. The molecular formula is C12H23NO3S. The molecule has 0 amide bonds. The molecule has 100 valence electrons. The molecule has 0 aromatic rings. The lowest BCUT2D eigenvalue weighted by Crippen LogP contribution is -2.54. The molecule has 0 aromatic carbocycles. The molecule has 2 aliphatic heterocycles. The van der Waals surface area contributed by atoms with Crippen molar-refractivity contribution in [2.24, 2.45) is 11.8 Å². The van der Waals surface area contributed by atoms with Crippen molar-refractivity contribution >= 4 is 9.84 Å². The zero-order valence-electron chi connectivity index (χ0n) is 10.8. The van der Waals surface area contributed by atoms with Gasteiger partial charge in [0, 0.05) is 12.6 Å². The van der Waals surface area contributed by atoms with Crippen LogP contribution in [0.1, 0.15) is 27.2 Å². The fourth-order valence-electron chi connectivity index (χ4n) is 3.32. The second-order valence-electron chi connectivity index (χ2n) is 5.97. The molecule has 2 heterocycles. The van der Waals surface area contributed by atoms with Crippen molar-refractivity contribution < 1.29 is 13.5 Å². The molecule has 0 spiro atoms. The summed E-state index contributed by atoms with van der Waals surface area (Å²) in [4.78, 5) is 2.22. The molecule has 4 nitrogen and oxygen atoms in total. The summed E-state index contributed by atoms with van der Waals surface area (Å²) in [6, 6.07) is 0.166. The van der Waals surface area contributed by atoms with Crippen LogP contribution in [0.4, 0.5) is 0 Å². The maximum Gasteiger partial charge on any atom is 0.154 e. The number of sulfone groups is 1. The number of hydrogen-bond donors (Lipinski definition) is 1. The zero-order valence-corrected chi connectivity index (χ0v) is 11.7. The summed E-state index contributed by atoms with van der Waals surface area (Å²) in [5.41, 5.74) is 0. The van der Waals surface area contributed by atoms with Gasteiger partial charge in [0.15, 0.2) is 9.84 Å². The van der Waals surface area contributed by atoms with Crippen LogP contribution in [0.5, 0.6) is 0 Å². The van der Waals surface area contributed by atoms with Gasteiger partial charge >= 0.3 is 0 Å². The first kappa shape index (κ1) is 13.3. The standard InChI is InChI=1S/C12H23NO3S/c1-8-4-9(2)10(3)13(5-8)11-6-17(15,16)7-12(11)14/h8-12,14H,4-7H2,1-3H3. The molecule has 2 fully saturated rings. The van der Waals surface area contributed by atoms with Crippen molar-refractivity contribution in [2.45, 2.75) is 45.4 Å². The molecule has 2 rings (SSSR count). The van der Waals surface area contributed by atoms with E-state index in [-0.39, 0.29) is 17.5 Å². The van der Waals surface area contributed by atoms with Gasteiger partial charge in [0.25, 0.3) is 0 Å². The van der Waals surface area contributed by atoms with Gasteiger partial charge in [0.1, 0.15) is 0 Å². The highest BCUT2D eigenvalue weighted by atomic mass is 32.2. The highest BCUT2D eigenvalue weighted by Gasteiger charge is 2.43. The van der Waals surface area contributed by atoms with Crippen LogP contribution in [0.2, 0.25) is 0 Å². The molecule has 5 atom stereocenters. The van der Waals surface area contributed by atoms with E-state index in [1.807, 2.05) is 0 Å². The van der Waals surface area contributed by atoms with Gasteiger partial charge < -0.3 is 5.11 Å². The summed E-state index contributed by atoms with van der Waals surface area (Å²) in [6.07, 6.45) is 0.479. The number of likely N-dealkylation sites (tertiary alicyclic amines) is 1. The second-order valence-corrected chi connectivity index (χ2v) is 8.12. The molecule has 0 aliphatic carbocycles. The van der Waals surface area contributed by atoms with Gasteiger partial charge in [0.2, 0.25) is 0 Å². The van der Waals surface area contributed by atoms with Gasteiger partial charge in [-0.15, -0.1) is 0 Å². The van der Waals surface area contributed by atoms with E-state index in [9.17, 15) is 13.5 Å². The Morgan fingerprint density at radius 2 is 1.82 bits per heavy atom. The number of aliphatic hydroxyl groups is 1. The third-order valence-electron chi connectivity index (χ3n) is 4.36. The lowest BCUT2D eigenvalue weighted by atomic mass is 9.84. The van der Waals surface area contributed by atoms with Crippen LogP contribution in [-0.4, -0.2) is 54.7 Å². The molecule has 2 aliphatic rings. The van der Waals surface area contributed by atoms with Gasteiger partial charge in [-0.05, 0) is 25.2 Å². The number of rotatable bonds is 1. The first-order valence-electron chi connectivity index (χ1n) is 6.44. The van der Waals surface area contributed by atoms with Gasteiger partial charge in [-0.1, -0.05) is 13.8 Å². The van der Waals surface area contributed by atoms with E-state index >= 15 is 0 Å². The Kier molecular flexibility index (Phi) is 3.54. The van der Waals surface area contributed by atoms with E-state index in [1.54, 1.807) is 0 Å². The van der Waals surface area contributed by atoms with Gasteiger partial charge in [-0.3, -0.25) is 4.90 Å². The van der Waals surface area contributed by atoms with Crippen LogP contribution in [0.15, 0.2) is 0 Å². The summed E-state index contributed by atoms with van der Waals surface area (Å²) in [7, 11) is -3.04. The fourth-order valence-corrected chi connectivity index (χ4v) is 5.14. The zero-order chi connectivity index (χ0) is 12.8. The van der Waals surface area contributed by atoms with E-state index < -0.39 is 15.9 Å². The molecule has 0 saturated carbocycles. The maximum atomic E-state index is 11.6. The van der Waals surface area contributed by atoms with Crippen LogP contribution in [-0.2, 0) is 9.84 Å². The van der Waals surface area contributed by atoms with E-state index in [0.29, 0.717) is 17.9 Å². The van der Waals surface area contributed by atoms with Gasteiger partial charge in [-0.2, -0.15) is 0 Å². The predicted octanol–water partition coefficient (Wildman–Crippen LogP) is 0.511. The largest absolute Gasteiger partial charge is 0.390 e. The molecule has 0 aromatic heterocycles. The average molecular weight is 261 g/mol. The monoisotopic (exact) mass is 261 g/mol. The third-order valence-corrected chi connectivity index (χ3v) is 6.06. The smallest absolute Gasteiger partial charge is 0.154 e. The van der Waals surface area contributed by atoms with Crippen LogP contribution in [0, 0.1) is 11.8 Å². The predicted molar refractivity (Wildman–Crippen MR) is 67.6 cm³/mol. The minimum atomic E-state index is -3.04. The highest BCUT2D eigenvalue weighted by Crippen LogP contribution is 2.31. The first-order chi connectivity index (χ1) is 7.80. The Labute approximate surface area is 104 Å². The van der Waals surface area contributed by atoms with E-state index in [4.69, 9.17) is 0 Å². The van der Waals surface area contributed by atoms with Crippen LogP contribution in [0.25, 0.3) is 0 Å². The highest BCUT2D eigenvalue weighted by molar-refractivity contribution is 7.91. The Hall–Kier alpha value is -0.130. The normalized spacial score (nSPS) is 47.2. The summed E-state index contributed by atoms with van der Waals surface area (Å²) in [6.45, 7) is 7.46. The van der Waals surface area contributed by atoms with Crippen LogP contribution in [0.3, 0.4) is 0 Å². The van der Waals surface area contributed by atoms with Crippen LogP contribution < -0.4 is 0 Å². The lowest BCUT2D eigenvalue weighted by Gasteiger charge is -2.44. The Bertz CT molecular complexity index is 381. The molecule has 1 N–H and O–H groups in total. The summed E-state index contributed by atoms with van der Waals surface area (Å²) in [5, 5.41) is 9.95. The van der Waals surface area contributed by atoms with Crippen LogP contribution >= 0.6 is 0 Å². The lowest BCUT2D eigenvalue weighted by molar-refractivity contribution is 0.00215. The van der Waals surface area contributed by atoms with Gasteiger partial charge in [-0.25, -0.2) is 8.42 Å². The number of aliphatic hydroxyl groups excluding tert-OH is 1. The van der Waals surface area contributed by atoms with Crippen molar-refractivity contribution in [3.8, 4) is 0 Å².